The summed E-state index contributed by atoms with van der Waals surface area (Å²) in [7, 11) is 3.61. The molecule has 1 aliphatic rings. The first-order valence-corrected chi connectivity index (χ1v) is 5.61. The van der Waals surface area contributed by atoms with E-state index in [2.05, 4.69) is 10.3 Å². The molecule has 0 saturated carbocycles. The van der Waals surface area contributed by atoms with Crippen LogP contribution in [0.15, 0.2) is 11.6 Å². The summed E-state index contributed by atoms with van der Waals surface area (Å²) in [6.45, 7) is 2.06. The fourth-order valence-corrected chi connectivity index (χ4v) is 2.34. The topological polar surface area (TPSA) is 23.5 Å². The Morgan fingerprint density at radius 3 is 3.30 bits per heavy atom. The van der Waals surface area contributed by atoms with Gasteiger partial charge in [0.2, 0.25) is 0 Å². The van der Waals surface area contributed by atoms with Gasteiger partial charge in [0.25, 0.3) is 0 Å². The van der Waals surface area contributed by atoms with E-state index in [1.165, 1.54) is 0 Å². The van der Waals surface area contributed by atoms with Crippen LogP contribution < -0.4 is 0 Å². The Kier molecular flexibility index (Phi) is 4.09. The second-order valence-corrected chi connectivity index (χ2v) is 4.36. The molecule has 0 aromatic carbocycles. The SMILES string of the molecule is OCCN1C=CSSCC1. The number of hydrogen-bond acceptors (Lipinski definition) is 4. The quantitative estimate of drug-likeness (QED) is 0.639. The molecule has 2 nitrogen and oxygen atoms in total. The van der Waals surface area contributed by atoms with E-state index in [0.717, 1.165) is 18.8 Å². The Bertz CT molecular complexity index is 118. The molecule has 1 N–H and O–H groups in total. The van der Waals surface area contributed by atoms with Crippen LogP contribution in [0.25, 0.3) is 0 Å². The van der Waals surface area contributed by atoms with Gasteiger partial charge < -0.3 is 10.0 Å². The van der Waals surface area contributed by atoms with Gasteiger partial charge in [-0.25, -0.2) is 0 Å². The van der Waals surface area contributed by atoms with Crippen LogP contribution in [-0.4, -0.2) is 35.5 Å². The minimum absolute atomic E-state index is 0.250. The molecule has 1 rings (SSSR count). The van der Waals surface area contributed by atoms with Crippen molar-refractivity contribution in [3.8, 4) is 0 Å². The van der Waals surface area contributed by atoms with E-state index >= 15 is 0 Å². The minimum Gasteiger partial charge on any atom is -0.395 e. The van der Waals surface area contributed by atoms with Crippen molar-refractivity contribution in [2.45, 2.75) is 0 Å². The third kappa shape index (κ3) is 2.86. The lowest BCUT2D eigenvalue weighted by Gasteiger charge is -2.15. The zero-order valence-corrected chi connectivity index (χ0v) is 7.33. The van der Waals surface area contributed by atoms with E-state index in [4.69, 9.17) is 5.11 Å². The predicted molar refractivity (Wildman–Crippen MR) is 47.8 cm³/mol. The van der Waals surface area contributed by atoms with Gasteiger partial charge in [0.1, 0.15) is 0 Å². The van der Waals surface area contributed by atoms with Gasteiger partial charge in [-0.15, -0.1) is 0 Å². The molecule has 0 spiro atoms. The number of aliphatic hydroxyl groups excluding tert-OH is 1. The van der Waals surface area contributed by atoms with Gasteiger partial charge in [-0.2, -0.15) is 0 Å². The first-order chi connectivity index (χ1) is 4.93. The van der Waals surface area contributed by atoms with Crippen molar-refractivity contribution in [3.05, 3.63) is 11.6 Å². The summed E-state index contributed by atoms with van der Waals surface area (Å²) >= 11 is 0. The zero-order valence-electron chi connectivity index (χ0n) is 5.69. The van der Waals surface area contributed by atoms with Crippen molar-refractivity contribution >= 4 is 21.6 Å². The van der Waals surface area contributed by atoms with Gasteiger partial charge in [0, 0.05) is 25.0 Å². The molecule has 4 heteroatoms. The minimum atomic E-state index is 0.250. The second-order valence-electron chi connectivity index (χ2n) is 1.96. The maximum Gasteiger partial charge on any atom is 0.0606 e. The fourth-order valence-electron chi connectivity index (χ4n) is 0.742. The number of nitrogens with zero attached hydrogens (tertiary/aromatic N) is 1. The summed E-state index contributed by atoms with van der Waals surface area (Å²) in [5, 5.41) is 10.7. The third-order valence-corrected chi connectivity index (χ3v) is 3.20. The van der Waals surface area contributed by atoms with Crippen molar-refractivity contribution in [1.82, 2.24) is 4.90 Å². The highest BCUT2D eigenvalue weighted by molar-refractivity contribution is 8.77. The van der Waals surface area contributed by atoms with Crippen molar-refractivity contribution in [3.63, 3.8) is 0 Å². The molecule has 0 fully saturated rings. The lowest BCUT2D eigenvalue weighted by Crippen LogP contribution is -2.22. The largest absolute Gasteiger partial charge is 0.395 e. The van der Waals surface area contributed by atoms with Crippen LogP contribution in [0.5, 0.6) is 0 Å². The van der Waals surface area contributed by atoms with Crippen LogP contribution in [0.2, 0.25) is 0 Å². The highest BCUT2D eigenvalue weighted by atomic mass is 33.1. The predicted octanol–water partition coefficient (Wildman–Crippen LogP) is 1.15. The van der Waals surface area contributed by atoms with Crippen LogP contribution in [0.1, 0.15) is 0 Å². The molecule has 58 valence electrons. The zero-order chi connectivity index (χ0) is 7.23. The van der Waals surface area contributed by atoms with Crippen LogP contribution in [0.3, 0.4) is 0 Å². The Morgan fingerprint density at radius 1 is 1.60 bits per heavy atom. The van der Waals surface area contributed by atoms with Gasteiger partial charge in [-0.05, 0) is 5.41 Å². The van der Waals surface area contributed by atoms with Gasteiger partial charge >= 0.3 is 0 Å². The first kappa shape index (κ1) is 8.30. The molecule has 1 heterocycles. The summed E-state index contributed by atoms with van der Waals surface area (Å²) in [6, 6.07) is 0. The number of aliphatic hydroxyl groups is 1. The van der Waals surface area contributed by atoms with E-state index in [-0.39, 0.29) is 6.61 Å². The highest BCUT2D eigenvalue weighted by Gasteiger charge is 2.00. The smallest absolute Gasteiger partial charge is 0.0606 e. The summed E-state index contributed by atoms with van der Waals surface area (Å²) in [5.41, 5.74) is 0. The lowest BCUT2D eigenvalue weighted by molar-refractivity contribution is 0.242. The van der Waals surface area contributed by atoms with Crippen molar-refractivity contribution in [2.24, 2.45) is 0 Å². The number of hydrogen-bond donors (Lipinski definition) is 1. The van der Waals surface area contributed by atoms with Gasteiger partial charge in [-0.3, -0.25) is 0 Å². The van der Waals surface area contributed by atoms with Crippen molar-refractivity contribution in [1.29, 1.82) is 0 Å². The average molecular weight is 177 g/mol. The van der Waals surface area contributed by atoms with Gasteiger partial charge in [0.15, 0.2) is 0 Å². The molecule has 0 atom stereocenters. The Labute approximate surface area is 69.1 Å². The molecule has 1 aliphatic heterocycles. The average Bonchev–Trinajstić information content (AvgIpc) is 2.17. The lowest BCUT2D eigenvalue weighted by atomic mass is 10.5. The number of rotatable bonds is 2. The Hall–Kier alpha value is 0.200. The molecular formula is C6H11NOS2. The molecule has 0 aliphatic carbocycles. The van der Waals surface area contributed by atoms with E-state index in [1.54, 1.807) is 10.8 Å². The highest BCUT2D eigenvalue weighted by Crippen LogP contribution is 2.24. The van der Waals surface area contributed by atoms with Gasteiger partial charge in [-0.1, -0.05) is 21.6 Å². The first-order valence-electron chi connectivity index (χ1n) is 3.23. The van der Waals surface area contributed by atoms with E-state index in [0.29, 0.717) is 0 Å². The molecule has 10 heavy (non-hydrogen) atoms. The van der Waals surface area contributed by atoms with E-state index in [9.17, 15) is 0 Å². The van der Waals surface area contributed by atoms with Gasteiger partial charge in [0.05, 0.1) is 6.61 Å². The van der Waals surface area contributed by atoms with E-state index < -0.39 is 0 Å². The fraction of sp³-hybridized carbons (Fsp3) is 0.667. The maximum atomic E-state index is 8.62. The molecule has 0 aromatic rings. The molecule has 0 amide bonds. The van der Waals surface area contributed by atoms with Crippen molar-refractivity contribution in [2.75, 3.05) is 25.4 Å². The second kappa shape index (κ2) is 4.93. The molecule has 0 bridgehead atoms. The molecule has 0 unspecified atom stereocenters. The summed E-state index contributed by atoms with van der Waals surface area (Å²) in [4.78, 5) is 2.13. The van der Waals surface area contributed by atoms with Crippen LogP contribution in [-0.2, 0) is 0 Å². The molecular weight excluding hydrogens is 166 g/mol. The maximum absolute atomic E-state index is 8.62. The monoisotopic (exact) mass is 177 g/mol. The normalized spacial score (nSPS) is 19.1. The molecule has 0 saturated heterocycles. The van der Waals surface area contributed by atoms with E-state index in [1.807, 2.05) is 17.0 Å². The van der Waals surface area contributed by atoms with Crippen LogP contribution >= 0.6 is 21.6 Å². The van der Waals surface area contributed by atoms with Crippen molar-refractivity contribution < 1.29 is 5.11 Å². The summed E-state index contributed by atoms with van der Waals surface area (Å²) < 4.78 is 0. The molecule has 0 radical (unpaired) electrons. The Morgan fingerprint density at radius 2 is 2.50 bits per heavy atom. The summed E-state index contributed by atoms with van der Waals surface area (Å²) in [5.74, 6) is 1.14. The Balaban J connectivity index is 2.27. The van der Waals surface area contributed by atoms with Crippen LogP contribution in [0.4, 0.5) is 0 Å². The molecule has 0 aromatic heterocycles. The standard InChI is InChI=1S/C6H11NOS2/c8-4-1-7-2-5-9-10-6-3-7/h2,5,8H,1,3-4,6H2. The van der Waals surface area contributed by atoms with Crippen LogP contribution in [0, 0.1) is 0 Å². The number of β-amino-alcohol motifs (C(OH)–C–C–N with tert-alkyl or cyclic N) is 1. The summed E-state index contributed by atoms with van der Waals surface area (Å²) in [6.07, 6.45) is 2.04. The third-order valence-electron chi connectivity index (χ3n) is 1.24.